The van der Waals surface area contributed by atoms with Crippen molar-refractivity contribution in [1.29, 1.82) is 0 Å². The van der Waals surface area contributed by atoms with Crippen LogP contribution >= 0.6 is 11.6 Å². The molecule has 1 aromatic rings. The number of halogens is 1. The first-order valence-corrected chi connectivity index (χ1v) is 6.71. The van der Waals surface area contributed by atoms with E-state index in [1.54, 1.807) is 0 Å². The van der Waals surface area contributed by atoms with Crippen LogP contribution in [0.5, 0.6) is 0 Å². The van der Waals surface area contributed by atoms with Crippen LogP contribution in [-0.4, -0.2) is 25.7 Å². The van der Waals surface area contributed by atoms with Crippen molar-refractivity contribution in [3.8, 4) is 0 Å². The topological polar surface area (TPSA) is 15.3 Å². The summed E-state index contributed by atoms with van der Waals surface area (Å²) in [6.45, 7) is 9.77. The van der Waals surface area contributed by atoms with E-state index in [1.165, 1.54) is 5.69 Å². The van der Waals surface area contributed by atoms with E-state index in [2.05, 4.69) is 42.3 Å². The Morgan fingerprint density at radius 1 is 1.41 bits per heavy atom. The molecule has 1 saturated heterocycles. The molecule has 0 aliphatic carbocycles. The summed E-state index contributed by atoms with van der Waals surface area (Å²) in [5.41, 5.74) is 2.40. The second-order valence-electron chi connectivity index (χ2n) is 5.14. The maximum absolute atomic E-state index is 6.22. The van der Waals surface area contributed by atoms with Crippen LogP contribution in [0.3, 0.4) is 0 Å². The lowest BCUT2D eigenvalue weighted by molar-refractivity contribution is 0.390. The lowest BCUT2D eigenvalue weighted by Gasteiger charge is -2.40. The third-order valence-electron chi connectivity index (χ3n) is 3.54. The second-order valence-corrected chi connectivity index (χ2v) is 5.55. The molecule has 2 nitrogen and oxygen atoms in total. The molecule has 94 valence electrons. The Hall–Kier alpha value is -0.730. The van der Waals surface area contributed by atoms with Crippen molar-refractivity contribution in [3.05, 3.63) is 28.8 Å². The van der Waals surface area contributed by atoms with Crippen LogP contribution < -0.4 is 10.2 Å². The van der Waals surface area contributed by atoms with Crippen LogP contribution in [0.1, 0.15) is 19.4 Å². The molecule has 1 atom stereocenters. The number of piperazine rings is 1. The maximum Gasteiger partial charge on any atom is 0.0455 e. The lowest BCUT2D eigenvalue weighted by atomic mass is 9.99. The van der Waals surface area contributed by atoms with E-state index in [1.807, 2.05) is 6.92 Å². The van der Waals surface area contributed by atoms with Gasteiger partial charge in [-0.25, -0.2) is 0 Å². The first-order chi connectivity index (χ1) is 8.09. The molecule has 0 bridgehead atoms. The standard InChI is InChI=1S/C14H21ClN2/c1-10(2)14-9-16-6-7-17(14)12-5-4-11(3)13(15)8-12/h4-5,8,10,14,16H,6-7,9H2,1-3H3. The fraction of sp³-hybridized carbons (Fsp3) is 0.571. The number of hydrogen-bond acceptors (Lipinski definition) is 2. The monoisotopic (exact) mass is 252 g/mol. The molecule has 1 heterocycles. The summed E-state index contributed by atoms with van der Waals surface area (Å²) >= 11 is 6.22. The van der Waals surface area contributed by atoms with Crippen LogP contribution in [0.25, 0.3) is 0 Å². The van der Waals surface area contributed by atoms with Crippen molar-refractivity contribution in [2.24, 2.45) is 5.92 Å². The van der Waals surface area contributed by atoms with Gasteiger partial charge in [-0.2, -0.15) is 0 Å². The van der Waals surface area contributed by atoms with Gasteiger partial charge in [0.05, 0.1) is 0 Å². The van der Waals surface area contributed by atoms with Gasteiger partial charge in [-0.1, -0.05) is 31.5 Å². The van der Waals surface area contributed by atoms with E-state index in [9.17, 15) is 0 Å². The molecule has 2 rings (SSSR count). The molecule has 1 aromatic carbocycles. The van der Waals surface area contributed by atoms with E-state index in [0.29, 0.717) is 12.0 Å². The molecule has 1 aliphatic rings. The minimum absolute atomic E-state index is 0.558. The number of nitrogens with one attached hydrogen (secondary N) is 1. The van der Waals surface area contributed by atoms with Crippen LogP contribution in [0.4, 0.5) is 5.69 Å². The fourth-order valence-electron chi connectivity index (χ4n) is 2.40. The molecule has 1 aliphatic heterocycles. The lowest BCUT2D eigenvalue weighted by Crippen LogP contribution is -2.53. The van der Waals surface area contributed by atoms with Crippen molar-refractivity contribution in [3.63, 3.8) is 0 Å². The zero-order valence-corrected chi connectivity index (χ0v) is 11.6. The van der Waals surface area contributed by atoms with Crippen LogP contribution in [0.15, 0.2) is 18.2 Å². The van der Waals surface area contributed by atoms with Crippen molar-refractivity contribution < 1.29 is 0 Å². The zero-order valence-electron chi connectivity index (χ0n) is 10.8. The van der Waals surface area contributed by atoms with Gasteiger partial charge in [0.2, 0.25) is 0 Å². The largest absolute Gasteiger partial charge is 0.366 e. The Kier molecular flexibility index (Phi) is 3.95. The number of rotatable bonds is 2. The average molecular weight is 253 g/mol. The number of anilines is 1. The van der Waals surface area contributed by atoms with Crippen molar-refractivity contribution in [1.82, 2.24) is 5.32 Å². The first-order valence-electron chi connectivity index (χ1n) is 6.33. The van der Waals surface area contributed by atoms with E-state index in [0.717, 1.165) is 30.2 Å². The van der Waals surface area contributed by atoms with Gasteiger partial charge in [-0.3, -0.25) is 0 Å². The summed E-state index contributed by atoms with van der Waals surface area (Å²) in [5.74, 6) is 0.642. The number of hydrogen-bond donors (Lipinski definition) is 1. The summed E-state index contributed by atoms with van der Waals surface area (Å²) in [5, 5.41) is 4.33. The summed E-state index contributed by atoms with van der Waals surface area (Å²) in [7, 11) is 0. The molecule has 1 fully saturated rings. The molecule has 0 aromatic heterocycles. The van der Waals surface area contributed by atoms with E-state index in [-0.39, 0.29) is 0 Å². The predicted octanol–water partition coefficient (Wildman–Crippen LogP) is 3.08. The van der Waals surface area contributed by atoms with Crippen LogP contribution in [0, 0.1) is 12.8 Å². The van der Waals surface area contributed by atoms with E-state index >= 15 is 0 Å². The molecule has 0 saturated carbocycles. The quantitative estimate of drug-likeness (QED) is 0.870. The van der Waals surface area contributed by atoms with Gasteiger partial charge >= 0.3 is 0 Å². The zero-order chi connectivity index (χ0) is 12.4. The van der Waals surface area contributed by atoms with Gasteiger partial charge in [-0.15, -0.1) is 0 Å². The molecule has 0 amide bonds. The number of benzene rings is 1. The Morgan fingerprint density at radius 3 is 2.82 bits per heavy atom. The Balaban J connectivity index is 2.26. The molecule has 1 unspecified atom stereocenters. The van der Waals surface area contributed by atoms with Gasteiger partial charge in [0, 0.05) is 36.4 Å². The van der Waals surface area contributed by atoms with Gasteiger partial charge < -0.3 is 10.2 Å². The maximum atomic E-state index is 6.22. The SMILES string of the molecule is Cc1ccc(N2CCNCC2C(C)C)cc1Cl. The predicted molar refractivity (Wildman–Crippen MR) is 75.0 cm³/mol. The molecular formula is C14H21ClN2. The number of nitrogens with zero attached hydrogens (tertiary/aromatic N) is 1. The van der Waals surface area contributed by atoms with Crippen LogP contribution in [0.2, 0.25) is 5.02 Å². The van der Waals surface area contributed by atoms with Crippen molar-refractivity contribution in [2.75, 3.05) is 24.5 Å². The smallest absolute Gasteiger partial charge is 0.0455 e. The first kappa shape index (κ1) is 12.7. The van der Waals surface area contributed by atoms with Gasteiger partial charge in [0.15, 0.2) is 0 Å². The van der Waals surface area contributed by atoms with Crippen LogP contribution in [-0.2, 0) is 0 Å². The third kappa shape index (κ3) is 2.75. The third-order valence-corrected chi connectivity index (χ3v) is 3.95. The van der Waals surface area contributed by atoms with Gasteiger partial charge in [0.1, 0.15) is 0 Å². The molecule has 17 heavy (non-hydrogen) atoms. The second kappa shape index (κ2) is 5.28. The minimum atomic E-state index is 0.558. The highest BCUT2D eigenvalue weighted by molar-refractivity contribution is 6.31. The summed E-state index contributed by atoms with van der Waals surface area (Å²) in [4.78, 5) is 2.48. The number of aryl methyl sites for hydroxylation is 1. The molecule has 0 radical (unpaired) electrons. The van der Waals surface area contributed by atoms with Crippen molar-refractivity contribution >= 4 is 17.3 Å². The Bertz CT molecular complexity index is 390. The average Bonchev–Trinajstić information content (AvgIpc) is 2.32. The highest BCUT2D eigenvalue weighted by Crippen LogP contribution is 2.27. The molecule has 3 heteroatoms. The summed E-state index contributed by atoms with van der Waals surface area (Å²) in [6.07, 6.45) is 0. The Morgan fingerprint density at radius 2 is 2.18 bits per heavy atom. The van der Waals surface area contributed by atoms with E-state index < -0.39 is 0 Å². The molecule has 1 N–H and O–H groups in total. The molecule has 0 spiro atoms. The fourth-order valence-corrected chi connectivity index (χ4v) is 2.58. The molecular weight excluding hydrogens is 232 g/mol. The van der Waals surface area contributed by atoms with Gasteiger partial charge in [-0.05, 0) is 30.5 Å². The summed E-state index contributed by atoms with van der Waals surface area (Å²) < 4.78 is 0. The van der Waals surface area contributed by atoms with Gasteiger partial charge in [0.25, 0.3) is 0 Å². The highest BCUT2D eigenvalue weighted by Gasteiger charge is 2.25. The summed E-state index contributed by atoms with van der Waals surface area (Å²) in [6, 6.07) is 6.94. The minimum Gasteiger partial charge on any atom is -0.366 e. The normalized spacial score (nSPS) is 21.0. The highest BCUT2D eigenvalue weighted by atomic mass is 35.5. The van der Waals surface area contributed by atoms with E-state index in [4.69, 9.17) is 11.6 Å². The Labute approximate surface area is 109 Å². The van der Waals surface area contributed by atoms with Crippen molar-refractivity contribution in [2.45, 2.75) is 26.8 Å².